The van der Waals surface area contributed by atoms with Crippen LogP contribution in [0.4, 0.5) is 4.39 Å². The summed E-state index contributed by atoms with van der Waals surface area (Å²) in [5, 5.41) is 1.56. The van der Waals surface area contributed by atoms with Crippen molar-refractivity contribution in [3.63, 3.8) is 0 Å². The molecule has 138 valence electrons. The molecule has 0 saturated heterocycles. The monoisotopic (exact) mass is 368 g/mol. The predicted octanol–water partition coefficient (Wildman–Crippen LogP) is 4.92. The highest BCUT2D eigenvalue weighted by Crippen LogP contribution is 2.35. The van der Waals surface area contributed by atoms with Gasteiger partial charge in [-0.2, -0.15) is 0 Å². The van der Waals surface area contributed by atoms with Crippen LogP contribution >= 0.6 is 0 Å². The molecule has 0 unspecified atom stereocenters. The quantitative estimate of drug-likeness (QED) is 0.342. The van der Waals surface area contributed by atoms with Crippen molar-refractivity contribution in [3.05, 3.63) is 71.0 Å². The fraction of sp³-hybridized carbons (Fsp3) is 0.190. The number of furan rings is 1. The zero-order valence-corrected chi connectivity index (χ0v) is 14.4. The van der Waals surface area contributed by atoms with Crippen LogP contribution in [0.3, 0.4) is 0 Å². The molecule has 5 nitrogen and oxygen atoms in total. The summed E-state index contributed by atoms with van der Waals surface area (Å²) < 4.78 is 35.1. The largest absolute Gasteiger partial charge is 0.494 e. The molecule has 0 aliphatic rings. The maximum Gasteiger partial charge on any atom is 0.336 e. The summed E-state index contributed by atoms with van der Waals surface area (Å²) in [6, 6.07) is 12.5. The van der Waals surface area contributed by atoms with Crippen LogP contribution in [0.5, 0.6) is 11.5 Å². The summed E-state index contributed by atoms with van der Waals surface area (Å²) in [6.45, 7) is 0.992. The van der Waals surface area contributed by atoms with Gasteiger partial charge in [0.2, 0.25) is 0 Å². The normalized spacial score (nSPS) is 11.1. The van der Waals surface area contributed by atoms with Crippen molar-refractivity contribution in [1.82, 2.24) is 0 Å². The molecule has 2 heterocycles. The molecule has 0 N–H and O–H groups in total. The minimum Gasteiger partial charge on any atom is -0.494 e. The van der Waals surface area contributed by atoms with Crippen molar-refractivity contribution in [3.8, 4) is 11.5 Å². The van der Waals surface area contributed by atoms with Crippen LogP contribution in [-0.4, -0.2) is 13.2 Å². The summed E-state index contributed by atoms with van der Waals surface area (Å²) in [5.41, 5.74) is 0.614. The van der Waals surface area contributed by atoms with Crippen LogP contribution in [0.2, 0.25) is 0 Å². The Morgan fingerprint density at radius 2 is 1.59 bits per heavy atom. The standard InChI is InChI=1S/C21H17FO5/c22-14-3-5-15(6-4-14)24-10-1-2-11-26-21-16-7-8-20(23)27-19(16)13-18-17(21)9-12-25-18/h3-9,12-13H,1-2,10-11H2. The number of benzene rings is 2. The highest BCUT2D eigenvalue weighted by Gasteiger charge is 2.13. The van der Waals surface area contributed by atoms with Gasteiger partial charge in [-0.15, -0.1) is 0 Å². The first-order chi connectivity index (χ1) is 13.2. The number of fused-ring (bicyclic) bond motifs is 2. The van der Waals surface area contributed by atoms with E-state index in [0.29, 0.717) is 35.9 Å². The Bertz CT molecular complexity index is 1110. The number of hydrogen-bond acceptors (Lipinski definition) is 5. The van der Waals surface area contributed by atoms with E-state index in [0.717, 1.165) is 23.6 Å². The summed E-state index contributed by atoms with van der Waals surface area (Å²) >= 11 is 0. The summed E-state index contributed by atoms with van der Waals surface area (Å²) in [4.78, 5) is 11.5. The molecule has 0 fully saturated rings. The van der Waals surface area contributed by atoms with E-state index >= 15 is 0 Å². The Kier molecular flexibility index (Phi) is 4.78. The molecule has 0 atom stereocenters. The third kappa shape index (κ3) is 3.79. The van der Waals surface area contributed by atoms with Crippen molar-refractivity contribution in [2.75, 3.05) is 13.2 Å². The fourth-order valence-corrected chi connectivity index (χ4v) is 2.86. The highest BCUT2D eigenvalue weighted by molar-refractivity contribution is 6.01. The molecular weight excluding hydrogens is 351 g/mol. The minimum atomic E-state index is -0.419. The van der Waals surface area contributed by atoms with Crippen LogP contribution < -0.4 is 15.1 Å². The summed E-state index contributed by atoms with van der Waals surface area (Å²) in [5.74, 6) is 0.994. The lowest BCUT2D eigenvalue weighted by molar-refractivity contribution is 0.269. The first-order valence-electron chi connectivity index (χ1n) is 8.66. The van der Waals surface area contributed by atoms with Gasteiger partial charge < -0.3 is 18.3 Å². The van der Waals surface area contributed by atoms with Crippen molar-refractivity contribution in [1.29, 1.82) is 0 Å². The van der Waals surface area contributed by atoms with Crippen molar-refractivity contribution in [2.24, 2.45) is 0 Å². The molecule has 6 heteroatoms. The van der Waals surface area contributed by atoms with Gasteiger partial charge in [-0.1, -0.05) is 0 Å². The van der Waals surface area contributed by atoms with Gasteiger partial charge in [0.25, 0.3) is 0 Å². The van der Waals surface area contributed by atoms with Crippen LogP contribution in [0.1, 0.15) is 12.8 Å². The summed E-state index contributed by atoms with van der Waals surface area (Å²) in [7, 11) is 0. The van der Waals surface area contributed by atoms with E-state index in [1.807, 2.05) is 6.07 Å². The van der Waals surface area contributed by atoms with E-state index in [-0.39, 0.29) is 5.82 Å². The molecule has 4 rings (SSSR count). The second kappa shape index (κ2) is 7.53. The Morgan fingerprint density at radius 1 is 0.852 bits per heavy atom. The molecular formula is C21H17FO5. The lowest BCUT2D eigenvalue weighted by atomic mass is 10.1. The van der Waals surface area contributed by atoms with Crippen LogP contribution in [0.15, 0.2) is 68.4 Å². The van der Waals surface area contributed by atoms with E-state index in [4.69, 9.17) is 18.3 Å². The Hall–Kier alpha value is -3.28. The van der Waals surface area contributed by atoms with Crippen LogP contribution in [0.25, 0.3) is 21.9 Å². The molecule has 2 aromatic heterocycles. The Balaban J connectivity index is 1.38. The molecule has 0 bridgehead atoms. The lowest BCUT2D eigenvalue weighted by Gasteiger charge is -2.10. The molecule has 0 aliphatic heterocycles. The number of unbranched alkanes of at least 4 members (excludes halogenated alkanes) is 1. The number of ether oxygens (including phenoxy) is 2. The first-order valence-corrected chi connectivity index (χ1v) is 8.66. The van der Waals surface area contributed by atoms with Gasteiger partial charge in [-0.3, -0.25) is 0 Å². The van der Waals surface area contributed by atoms with Crippen molar-refractivity contribution in [2.45, 2.75) is 12.8 Å². The molecule has 0 saturated carbocycles. The van der Waals surface area contributed by atoms with E-state index in [1.54, 1.807) is 30.5 Å². The molecule has 0 radical (unpaired) electrons. The fourth-order valence-electron chi connectivity index (χ4n) is 2.86. The third-order valence-corrected chi connectivity index (χ3v) is 4.18. The topological polar surface area (TPSA) is 61.8 Å². The predicted molar refractivity (Wildman–Crippen MR) is 98.9 cm³/mol. The van der Waals surface area contributed by atoms with Crippen molar-refractivity contribution < 1.29 is 22.7 Å². The van der Waals surface area contributed by atoms with E-state index < -0.39 is 5.63 Å². The van der Waals surface area contributed by atoms with Crippen LogP contribution in [0, 0.1) is 5.82 Å². The second-order valence-electron chi connectivity index (χ2n) is 6.06. The second-order valence-corrected chi connectivity index (χ2v) is 6.06. The lowest BCUT2D eigenvalue weighted by Crippen LogP contribution is -2.03. The van der Waals surface area contributed by atoms with Gasteiger partial charge in [-0.25, -0.2) is 9.18 Å². The smallest absolute Gasteiger partial charge is 0.336 e. The van der Waals surface area contributed by atoms with Crippen LogP contribution in [-0.2, 0) is 0 Å². The average Bonchev–Trinajstić information content (AvgIpc) is 3.13. The molecule has 0 spiro atoms. The molecule has 4 aromatic rings. The minimum absolute atomic E-state index is 0.285. The Labute approximate surface area is 153 Å². The van der Waals surface area contributed by atoms with Gasteiger partial charge in [0, 0.05) is 12.1 Å². The average molecular weight is 368 g/mol. The van der Waals surface area contributed by atoms with Gasteiger partial charge in [0.1, 0.15) is 28.5 Å². The summed E-state index contributed by atoms with van der Waals surface area (Å²) in [6.07, 6.45) is 3.13. The molecule has 0 aliphatic carbocycles. The van der Waals surface area contributed by atoms with Gasteiger partial charge in [-0.05, 0) is 49.2 Å². The van der Waals surface area contributed by atoms with Gasteiger partial charge in [0.05, 0.1) is 30.2 Å². The molecule has 0 amide bonds. The zero-order valence-electron chi connectivity index (χ0n) is 14.4. The maximum atomic E-state index is 12.9. The number of halogens is 1. The van der Waals surface area contributed by atoms with E-state index in [2.05, 4.69) is 0 Å². The highest BCUT2D eigenvalue weighted by atomic mass is 19.1. The molecule has 27 heavy (non-hydrogen) atoms. The van der Waals surface area contributed by atoms with Crippen molar-refractivity contribution >= 4 is 21.9 Å². The first kappa shape index (κ1) is 17.1. The van der Waals surface area contributed by atoms with E-state index in [9.17, 15) is 9.18 Å². The molecule has 2 aromatic carbocycles. The maximum absolute atomic E-state index is 12.9. The van der Waals surface area contributed by atoms with Gasteiger partial charge in [0.15, 0.2) is 0 Å². The number of rotatable bonds is 7. The number of hydrogen-bond donors (Lipinski definition) is 0. The SMILES string of the molecule is O=c1ccc2c(OCCCCOc3ccc(F)cc3)c3ccoc3cc2o1. The Morgan fingerprint density at radius 3 is 2.41 bits per heavy atom. The zero-order chi connectivity index (χ0) is 18.6. The third-order valence-electron chi connectivity index (χ3n) is 4.18. The van der Waals surface area contributed by atoms with E-state index in [1.165, 1.54) is 18.2 Å². The van der Waals surface area contributed by atoms with Gasteiger partial charge >= 0.3 is 5.63 Å².